The summed E-state index contributed by atoms with van der Waals surface area (Å²) in [6.45, 7) is 1.96. The smallest absolute Gasteiger partial charge is 0.182 e. The van der Waals surface area contributed by atoms with Gasteiger partial charge in [0.2, 0.25) is 0 Å². The summed E-state index contributed by atoms with van der Waals surface area (Å²) in [7, 11) is 3.24. The van der Waals surface area contributed by atoms with Crippen LogP contribution in [0.2, 0.25) is 0 Å². The minimum Gasteiger partial charge on any atom is -0.493 e. The highest BCUT2D eigenvalue weighted by Crippen LogP contribution is 2.36. The standard InChI is InChI=1S/C16H19NO3/c1-19-14-5-3-4-12(16(14)20-2)10-13-15(18)11-6-8-17(13)9-7-11/h3-5,10-11H,6-9H2,1-2H3/b13-10-. The Morgan fingerprint density at radius 3 is 2.55 bits per heavy atom. The molecule has 0 N–H and O–H groups in total. The largest absolute Gasteiger partial charge is 0.493 e. The van der Waals surface area contributed by atoms with E-state index in [1.54, 1.807) is 14.2 Å². The molecule has 2 bridgehead atoms. The number of ketones is 1. The van der Waals surface area contributed by atoms with Crippen molar-refractivity contribution >= 4 is 11.9 Å². The summed E-state index contributed by atoms with van der Waals surface area (Å²) in [5.74, 6) is 1.85. The Balaban J connectivity index is 2.02. The van der Waals surface area contributed by atoms with Crippen molar-refractivity contribution in [2.75, 3.05) is 27.3 Å². The fourth-order valence-corrected chi connectivity index (χ4v) is 3.08. The third kappa shape index (κ3) is 2.05. The maximum atomic E-state index is 12.4. The number of carbonyl (C=O) groups excluding carboxylic acids is 1. The molecule has 0 aromatic heterocycles. The number of ether oxygens (including phenoxy) is 2. The molecule has 0 atom stereocenters. The van der Waals surface area contributed by atoms with E-state index in [4.69, 9.17) is 9.47 Å². The first-order chi connectivity index (χ1) is 9.74. The molecule has 3 aliphatic heterocycles. The summed E-state index contributed by atoms with van der Waals surface area (Å²) in [5, 5.41) is 0. The molecule has 106 valence electrons. The minimum absolute atomic E-state index is 0.211. The lowest BCUT2D eigenvalue weighted by molar-refractivity contribution is -0.125. The van der Waals surface area contributed by atoms with Crippen molar-refractivity contribution in [1.29, 1.82) is 0 Å². The normalized spacial score (nSPS) is 20.6. The molecule has 4 nitrogen and oxygen atoms in total. The number of methoxy groups -OCH3 is 2. The van der Waals surface area contributed by atoms with Gasteiger partial charge in [0.25, 0.3) is 0 Å². The van der Waals surface area contributed by atoms with E-state index in [9.17, 15) is 4.79 Å². The number of benzene rings is 1. The van der Waals surface area contributed by atoms with E-state index in [1.165, 1.54) is 0 Å². The number of nitrogens with zero attached hydrogens (tertiary/aromatic N) is 1. The van der Waals surface area contributed by atoms with Crippen molar-refractivity contribution in [3.63, 3.8) is 0 Å². The zero-order valence-electron chi connectivity index (χ0n) is 11.9. The SMILES string of the molecule is COc1cccc(/C=C2/C(=O)C3CCN2CC3)c1OC. The summed E-state index contributed by atoms with van der Waals surface area (Å²) >= 11 is 0. The van der Waals surface area contributed by atoms with Gasteiger partial charge in [0.1, 0.15) is 0 Å². The van der Waals surface area contributed by atoms with Gasteiger partial charge in [0.05, 0.1) is 19.9 Å². The fraction of sp³-hybridized carbons (Fsp3) is 0.438. The van der Waals surface area contributed by atoms with Crippen LogP contribution in [0.1, 0.15) is 18.4 Å². The van der Waals surface area contributed by atoms with Crippen molar-refractivity contribution in [2.45, 2.75) is 12.8 Å². The molecule has 3 heterocycles. The summed E-state index contributed by atoms with van der Waals surface area (Å²) in [6.07, 6.45) is 3.92. The molecule has 0 aliphatic carbocycles. The third-order valence-electron chi connectivity index (χ3n) is 4.18. The van der Waals surface area contributed by atoms with E-state index < -0.39 is 0 Å². The molecule has 3 saturated heterocycles. The highest BCUT2D eigenvalue weighted by atomic mass is 16.5. The van der Waals surface area contributed by atoms with E-state index in [0.29, 0.717) is 11.5 Å². The number of para-hydroxylation sites is 1. The van der Waals surface area contributed by atoms with Crippen LogP contribution in [-0.4, -0.2) is 38.0 Å². The lowest BCUT2D eigenvalue weighted by Crippen LogP contribution is -2.45. The number of Topliss-reactive ketones (excluding diaryl/α,β-unsaturated/α-hetero) is 1. The Hall–Kier alpha value is -1.97. The second-order valence-electron chi connectivity index (χ2n) is 5.24. The first-order valence-corrected chi connectivity index (χ1v) is 6.96. The molecule has 3 fully saturated rings. The predicted molar refractivity (Wildman–Crippen MR) is 76.8 cm³/mol. The maximum Gasteiger partial charge on any atom is 0.182 e. The van der Waals surface area contributed by atoms with Crippen LogP contribution in [0.25, 0.3) is 6.08 Å². The molecule has 20 heavy (non-hydrogen) atoms. The molecular weight excluding hydrogens is 254 g/mol. The Bertz CT molecular complexity index is 557. The molecule has 0 amide bonds. The summed E-state index contributed by atoms with van der Waals surface area (Å²) in [6, 6.07) is 5.72. The van der Waals surface area contributed by atoms with Crippen molar-refractivity contribution in [1.82, 2.24) is 4.90 Å². The Labute approximate surface area is 119 Å². The average molecular weight is 273 g/mol. The lowest BCUT2D eigenvalue weighted by atomic mass is 9.84. The van der Waals surface area contributed by atoms with E-state index in [1.807, 2.05) is 24.3 Å². The van der Waals surface area contributed by atoms with Gasteiger partial charge in [-0.3, -0.25) is 4.79 Å². The quantitative estimate of drug-likeness (QED) is 0.792. The van der Waals surface area contributed by atoms with Crippen LogP contribution in [0.4, 0.5) is 0 Å². The average Bonchev–Trinajstić information content (AvgIpc) is 2.50. The number of allylic oxidation sites excluding steroid dienone is 1. The van der Waals surface area contributed by atoms with Crippen molar-refractivity contribution in [3.8, 4) is 11.5 Å². The van der Waals surface area contributed by atoms with E-state index >= 15 is 0 Å². The van der Waals surface area contributed by atoms with Crippen LogP contribution in [-0.2, 0) is 4.79 Å². The van der Waals surface area contributed by atoms with E-state index in [0.717, 1.165) is 37.2 Å². The van der Waals surface area contributed by atoms with Crippen molar-refractivity contribution in [3.05, 3.63) is 29.5 Å². The molecule has 4 rings (SSSR count). The van der Waals surface area contributed by atoms with Crippen LogP contribution in [0, 0.1) is 5.92 Å². The van der Waals surface area contributed by atoms with Gasteiger partial charge >= 0.3 is 0 Å². The third-order valence-corrected chi connectivity index (χ3v) is 4.18. The van der Waals surface area contributed by atoms with Crippen LogP contribution >= 0.6 is 0 Å². The van der Waals surface area contributed by atoms with Gasteiger partial charge < -0.3 is 14.4 Å². The number of hydrogen-bond donors (Lipinski definition) is 0. The van der Waals surface area contributed by atoms with E-state index in [-0.39, 0.29) is 11.7 Å². The van der Waals surface area contributed by atoms with Gasteiger partial charge in [-0.25, -0.2) is 0 Å². The molecule has 3 aliphatic rings. The predicted octanol–water partition coefficient (Wildman–Crippen LogP) is 2.34. The maximum absolute atomic E-state index is 12.4. The van der Waals surface area contributed by atoms with Gasteiger partial charge in [-0.2, -0.15) is 0 Å². The Morgan fingerprint density at radius 2 is 1.95 bits per heavy atom. The summed E-state index contributed by atoms with van der Waals surface area (Å²) < 4.78 is 10.7. The number of rotatable bonds is 3. The summed E-state index contributed by atoms with van der Waals surface area (Å²) in [4.78, 5) is 14.5. The second kappa shape index (κ2) is 5.19. The number of carbonyl (C=O) groups is 1. The molecule has 0 unspecified atom stereocenters. The molecule has 1 aromatic rings. The van der Waals surface area contributed by atoms with Crippen LogP contribution in [0.15, 0.2) is 23.9 Å². The summed E-state index contributed by atoms with van der Waals surface area (Å²) in [5.41, 5.74) is 1.71. The number of fused-ring (bicyclic) bond motifs is 3. The highest BCUT2D eigenvalue weighted by Gasteiger charge is 2.36. The second-order valence-corrected chi connectivity index (χ2v) is 5.24. The van der Waals surface area contributed by atoms with Crippen LogP contribution in [0.3, 0.4) is 0 Å². The molecule has 1 aromatic carbocycles. The van der Waals surface area contributed by atoms with Crippen molar-refractivity contribution < 1.29 is 14.3 Å². The highest BCUT2D eigenvalue weighted by molar-refractivity contribution is 6.02. The lowest BCUT2D eigenvalue weighted by Gasteiger charge is -2.41. The van der Waals surface area contributed by atoms with E-state index in [2.05, 4.69) is 4.90 Å². The Morgan fingerprint density at radius 1 is 1.20 bits per heavy atom. The van der Waals surface area contributed by atoms with Crippen LogP contribution in [0.5, 0.6) is 11.5 Å². The zero-order valence-corrected chi connectivity index (χ0v) is 11.9. The number of piperidine rings is 3. The molecule has 0 radical (unpaired) electrons. The topological polar surface area (TPSA) is 38.8 Å². The van der Waals surface area contributed by atoms with Gasteiger partial charge in [0.15, 0.2) is 17.3 Å². The van der Waals surface area contributed by atoms with Crippen LogP contribution < -0.4 is 9.47 Å². The number of hydrogen-bond acceptors (Lipinski definition) is 4. The van der Waals surface area contributed by atoms with Gasteiger partial charge in [-0.15, -0.1) is 0 Å². The first-order valence-electron chi connectivity index (χ1n) is 6.96. The molecule has 0 saturated carbocycles. The first kappa shape index (κ1) is 13.0. The van der Waals surface area contributed by atoms with Gasteiger partial charge in [-0.1, -0.05) is 12.1 Å². The molecule has 0 spiro atoms. The van der Waals surface area contributed by atoms with Gasteiger partial charge in [0, 0.05) is 24.6 Å². The monoisotopic (exact) mass is 273 g/mol. The fourth-order valence-electron chi connectivity index (χ4n) is 3.08. The van der Waals surface area contributed by atoms with Crippen molar-refractivity contribution in [2.24, 2.45) is 5.92 Å². The molecule has 4 heteroatoms. The Kier molecular flexibility index (Phi) is 3.38. The van der Waals surface area contributed by atoms with Gasteiger partial charge in [-0.05, 0) is 25.0 Å². The molecular formula is C16H19NO3. The zero-order chi connectivity index (χ0) is 14.1. The minimum atomic E-state index is 0.211.